The van der Waals surface area contributed by atoms with Crippen molar-refractivity contribution in [3.8, 4) is 0 Å². The van der Waals surface area contributed by atoms with Crippen molar-refractivity contribution < 1.29 is 5.11 Å². The topological polar surface area (TPSA) is 20.2 Å². The molecule has 0 aliphatic carbocycles. The second-order valence-electron chi connectivity index (χ2n) is 3.14. The molecule has 0 aliphatic heterocycles. The Balaban J connectivity index is 2.31. The van der Waals surface area contributed by atoms with Gasteiger partial charge in [-0.1, -0.05) is 0 Å². The van der Waals surface area contributed by atoms with Crippen molar-refractivity contribution in [3.63, 3.8) is 0 Å². The molecule has 0 saturated carbocycles. The molecule has 2 aromatic heterocycles. The molecule has 0 radical (unpaired) electrons. The quantitative estimate of drug-likeness (QED) is 0.813. The summed E-state index contributed by atoms with van der Waals surface area (Å²) < 4.78 is 2.11. The molecule has 0 spiro atoms. The highest BCUT2D eigenvalue weighted by Crippen LogP contribution is 2.35. The zero-order valence-corrected chi connectivity index (χ0v) is 12.6. The number of rotatable bonds is 2. The lowest BCUT2D eigenvalue weighted by Crippen LogP contribution is -1.93. The van der Waals surface area contributed by atoms with Gasteiger partial charge in [0.15, 0.2) is 0 Å². The van der Waals surface area contributed by atoms with E-state index in [0.717, 1.165) is 18.7 Å². The van der Waals surface area contributed by atoms with Crippen LogP contribution in [0.4, 0.5) is 0 Å². The third-order valence-corrected chi connectivity index (χ3v) is 5.76. The van der Waals surface area contributed by atoms with Gasteiger partial charge in [0.1, 0.15) is 6.10 Å². The van der Waals surface area contributed by atoms with Crippen molar-refractivity contribution in [2.75, 3.05) is 0 Å². The van der Waals surface area contributed by atoms with E-state index in [2.05, 4.69) is 31.9 Å². The normalized spacial score (nSPS) is 13.1. The fourth-order valence-electron chi connectivity index (χ4n) is 1.25. The van der Waals surface area contributed by atoms with Crippen LogP contribution in [-0.2, 0) is 0 Å². The first-order valence-electron chi connectivity index (χ1n) is 4.25. The number of aryl methyl sites for hydroxylation is 1. The van der Waals surface area contributed by atoms with Crippen LogP contribution in [0.1, 0.15) is 21.4 Å². The summed E-state index contributed by atoms with van der Waals surface area (Å²) in [7, 11) is 0. The van der Waals surface area contributed by atoms with Crippen LogP contribution in [-0.4, -0.2) is 5.11 Å². The fourth-order valence-corrected chi connectivity index (χ4v) is 4.02. The molecular weight excluding hydrogens is 360 g/mol. The summed E-state index contributed by atoms with van der Waals surface area (Å²) >= 11 is 10.1. The second-order valence-corrected chi connectivity index (χ2v) is 7.57. The highest BCUT2D eigenvalue weighted by Gasteiger charge is 2.15. The molecule has 1 unspecified atom stereocenters. The maximum atomic E-state index is 10.1. The van der Waals surface area contributed by atoms with E-state index in [-0.39, 0.29) is 0 Å². The smallest absolute Gasteiger partial charge is 0.114 e. The monoisotopic (exact) mass is 366 g/mol. The van der Waals surface area contributed by atoms with E-state index in [1.165, 1.54) is 4.88 Å². The summed E-state index contributed by atoms with van der Waals surface area (Å²) in [6, 6.07) is 3.94. The Hall–Kier alpha value is 0.320. The number of thiophene rings is 2. The van der Waals surface area contributed by atoms with E-state index in [9.17, 15) is 5.11 Å². The van der Waals surface area contributed by atoms with E-state index < -0.39 is 6.10 Å². The molecule has 2 heterocycles. The molecular formula is C10H8Br2OS2. The molecule has 0 saturated heterocycles. The average Bonchev–Trinajstić information content (AvgIpc) is 2.74. The Kier molecular flexibility index (Phi) is 3.67. The van der Waals surface area contributed by atoms with Gasteiger partial charge in [0.25, 0.3) is 0 Å². The predicted molar refractivity (Wildman–Crippen MR) is 72.8 cm³/mol. The summed E-state index contributed by atoms with van der Waals surface area (Å²) in [6.45, 7) is 2.04. The van der Waals surface area contributed by atoms with Crippen molar-refractivity contribution in [1.82, 2.24) is 0 Å². The Labute approximate surface area is 113 Å². The largest absolute Gasteiger partial charge is 0.383 e. The van der Waals surface area contributed by atoms with Crippen molar-refractivity contribution in [3.05, 3.63) is 41.1 Å². The Morgan fingerprint density at radius 2 is 2.07 bits per heavy atom. The van der Waals surface area contributed by atoms with Crippen LogP contribution in [0.2, 0.25) is 0 Å². The molecule has 1 atom stereocenters. The summed E-state index contributed by atoms with van der Waals surface area (Å²) in [4.78, 5) is 2.17. The van der Waals surface area contributed by atoms with Gasteiger partial charge in [-0.2, -0.15) is 0 Å². The summed E-state index contributed by atoms with van der Waals surface area (Å²) in [6.07, 6.45) is -0.512. The minimum absolute atomic E-state index is 0.512. The molecule has 2 aromatic rings. The first kappa shape index (κ1) is 11.8. The third-order valence-electron chi connectivity index (χ3n) is 2.05. The van der Waals surface area contributed by atoms with E-state index >= 15 is 0 Å². The van der Waals surface area contributed by atoms with Gasteiger partial charge in [0, 0.05) is 14.2 Å². The third kappa shape index (κ3) is 2.53. The van der Waals surface area contributed by atoms with E-state index in [1.54, 1.807) is 22.7 Å². The van der Waals surface area contributed by atoms with Gasteiger partial charge in [-0.3, -0.25) is 0 Å². The van der Waals surface area contributed by atoms with E-state index in [0.29, 0.717) is 0 Å². The van der Waals surface area contributed by atoms with Crippen LogP contribution in [0.5, 0.6) is 0 Å². The van der Waals surface area contributed by atoms with E-state index in [4.69, 9.17) is 0 Å². The molecule has 2 rings (SSSR count). The number of aliphatic hydroxyl groups is 1. The van der Waals surface area contributed by atoms with Gasteiger partial charge < -0.3 is 5.11 Å². The van der Waals surface area contributed by atoms with Crippen LogP contribution < -0.4 is 0 Å². The minimum Gasteiger partial charge on any atom is -0.383 e. The van der Waals surface area contributed by atoms with Crippen molar-refractivity contribution in [1.29, 1.82) is 0 Å². The van der Waals surface area contributed by atoms with Crippen LogP contribution in [0.25, 0.3) is 0 Å². The summed E-state index contributed by atoms with van der Waals surface area (Å²) in [5.41, 5.74) is 0.945. The van der Waals surface area contributed by atoms with Gasteiger partial charge >= 0.3 is 0 Å². The number of hydrogen-bond acceptors (Lipinski definition) is 3. The molecule has 1 nitrogen and oxygen atoms in total. The molecule has 0 fully saturated rings. The SMILES string of the molecule is Cc1sc(C(O)c2csc(Br)c2)cc1Br. The lowest BCUT2D eigenvalue weighted by molar-refractivity contribution is 0.224. The second kappa shape index (κ2) is 4.67. The lowest BCUT2D eigenvalue weighted by Gasteiger charge is -2.04. The average molecular weight is 368 g/mol. The summed E-state index contributed by atoms with van der Waals surface area (Å²) in [5.74, 6) is 0. The maximum Gasteiger partial charge on any atom is 0.114 e. The maximum absolute atomic E-state index is 10.1. The molecule has 15 heavy (non-hydrogen) atoms. The highest BCUT2D eigenvalue weighted by molar-refractivity contribution is 9.11. The molecule has 0 aromatic carbocycles. The molecule has 80 valence electrons. The van der Waals surface area contributed by atoms with Crippen LogP contribution in [0, 0.1) is 6.92 Å². The number of aliphatic hydroxyl groups excluding tert-OH is 1. The van der Waals surface area contributed by atoms with Gasteiger partial charge in [-0.15, -0.1) is 22.7 Å². The first-order valence-corrected chi connectivity index (χ1v) is 7.54. The van der Waals surface area contributed by atoms with Crippen molar-refractivity contribution >= 4 is 54.5 Å². The Bertz CT molecular complexity index is 456. The van der Waals surface area contributed by atoms with Gasteiger partial charge in [-0.05, 0) is 61.9 Å². The summed E-state index contributed by atoms with van der Waals surface area (Å²) in [5, 5.41) is 12.1. The zero-order valence-electron chi connectivity index (χ0n) is 7.83. The molecule has 1 N–H and O–H groups in total. The zero-order chi connectivity index (χ0) is 11.0. The Morgan fingerprint density at radius 3 is 2.53 bits per heavy atom. The van der Waals surface area contributed by atoms with Crippen LogP contribution in [0.3, 0.4) is 0 Å². The molecule has 5 heteroatoms. The minimum atomic E-state index is -0.512. The fraction of sp³-hybridized carbons (Fsp3) is 0.200. The molecule has 0 aliphatic rings. The van der Waals surface area contributed by atoms with Crippen molar-refractivity contribution in [2.24, 2.45) is 0 Å². The number of hydrogen-bond donors (Lipinski definition) is 1. The lowest BCUT2D eigenvalue weighted by atomic mass is 10.2. The number of halogens is 2. The van der Waals surface area contributed by atoms with Crippen molar-refractivity contribution in [2.45, 2.75) is 13.0 Å². The van der Waals surface area contributed by atoms with E-state index in [1.807, 2.05) is 24.4 Å². The first-order chi connectivity index (χ1) is 7.08. The standard InChI is InChI=1S/C10H8Br2OS2/c1-5-7(11)3-8(15-5)10(13)6-2-9(12)14-4-6/h2-4,10,13H,1H3. The van der Waals surface area contributed by atoms with Crippen LogP contribution >= 0.6 is 54.5 Å². The van der Waals surface area contributed by atoms with Gasteiger partial charge in [-0.25, -0.2) is 0 Å². The molecule has 0 bridgehead atoms. The van der Waals surface area contributed by atoms with Gasteiger partial charge in [0.2, 0.25) is 0 Å². The molecule has 0 amide bonds. The highest BCUT2D eigenvalue weighted by atomic mass is 79.9. The Morgan fingerprint density at radius 1 is 1.33 bits per heavy atom. The van der Waals surface area contributed by atoms with Gasteiger partial charge in [0.05, 0.1) is 3.79 Å². The van der Waals surface area contributed by atoms with Crippen LogP contribution in [0.15, 0.2) is 25.8 Å². The predicted octanol–water partition coefficient (Wildman–Crippen LogP) is 4.72.